The number of likely N-dealkylation sites (tertiary alicyclic amines) is 2. The van der Waals surface area contributed by atoms with Crippen LogP contribution >= 0.6 is 0 Å². The van der Waals surface area contributed by atoms with Crippen molar-refractivity contribution in [3.63, 3.8) is 0 Å². The molecule has 2 saturated heterocycles. The van der Waals surface area contributed by atoms with Gasteiger partial charge >= 0.3 is 0 Å². The van der Waals surface area contributed by atoms with Crippen molar-refractivity contribution in [3.8, 4) is 11.5 Å². The lowest BCUT2D eigenvalue weighted by atomic mass is 9.98. The van der Waals surface area contributed by atoms with E-state index in [9.17, 15) is 9.59 Å². The number of anilines is 1. The van der Waals surface area contributed by atoms with Gasteiger partial charge < -0.3 is 19.7 Å². The molecule has 1 aromatic carbocycles. The first-order valence-corrected chi connectivity index (χ1v) is 13.2. The van der Waals surface area contributed by atoms with Gasteiger partial charge in [-0.05, 0) is 43.7 Å². The number of fused-ring (bicyclic) bond motifs is 1. The fourth-order valence-electron chi connectivity index (χ4n) is 6.26. The second kappa shape index (κ2) is 10.9. The van der Waals surface area contributed by atoms with Gasteiger partial charge in [0, 0.05) is 31.7 Å². The lowest BCUT2D eigenvalue weighted by Crippen LogP contribution is -2.44. The third-order valence-electron chi connectivity index (χ3n) is 7.98. The molecular weight excluding hydrogens is 458 g/mol. The summed E-state index contributed by atoms with van der Waals surface area (Å²) in [5.74, 6) is 2.09. The van der Waals surface area contributed by atoms with Gasteiger partial charge in [0.25, 0.3) is 5.91 Å². The number of rotatable bonds is 7. The molecule has 3 heterocycles. The molecule has 2 aromatic rings. The molecule has 1 N–H and O–H groups in total. The van der Waals surface area contributed by atoms with Crippen LogP contribution < -0.4 is 14.8 Å². The summed E-state index contributed by atoms with van der Waals surface area (Å²) in [6.45, 7) is 2.53. The number of hydrogen-bond donors (Lipinski definition) is 1. The molecule has 5 rings (SSSR count). The number of nitrogens with zero attached hydrogens (tertiary/aromatic N) is 4. The molecular formula is C27H37N5O4. The molecule has 0 radical (unpaired) electrons. The summed E-state index contributed by atoms with van der Waals surface area (Å²) in [7, 11) is 3.14. The summed E-state index contributed by atoms with van der Waals surface area (Å²) in [6.07, 6.45) is 9.55. The van der Waals surface area contributed by atoms with E-state index in [1.807, 2.05) is 21.7 Å². The van der Waals surface area contributed by atoms with Crippen molar-refractivity contribution in [2.45, 2.75) is 57.0 Å². The maximum atomic E-state index is 13.7. The minimum atomic E-state index is -0.0329. The summed E-state index contributed by atoms with van der Waals surface area (Å²) in [5, 5.41) is 7.55. The second-order valence-electron chi connectivity index (χ2n) is 10.2. The maximum Gasteiger partial charge on any atom is 0.258 e. The van der Waals surface area contributed by atoms with Crippen molar-refractivity contribution in [3.05, 3.63) is 36.0 Å². The molecule has 3 fully saturated rings. The van der Waals surface area contributed by atoms with Crippen molar-refractivity contribution in [2.75, 3.05) is 45.7 Å². The zero-order valence-corrected chi connectivity index (χ0v) is 21.3. The van der Waals surface area contributed by atoms with Crippen molar-refractivity contribution >= 4 is 17.6 Å². The van der Waals surface area contributed by atoms with E-state index in [1.165, 1.54) is 12.8 Å². The molecule has 0 unspecified atom stereocenters. The van der Waals surface area contributed by atoms with Gasteiger partial charge in [-0.15, -0.1) is 0 Å². The van der Waals surface area contributed by atoms with E-state index in [-0.39, 0.29) is 17.9 Å². The highest BCUT2D eigenvalue weighted by Gasteiger charge is 2.41. The number of para-hydroxylation sites is 1. The van der Waals surface area contributed by atoms with E-state index in [0.29, 0.717) is 48.7 Å². The molecule has 0 bridgehead atoms. The van der Waals surface area contributed by atoms with E-state index < -0.39 is 0 Å². The highest BCUT2D eigenvalue weighted by Crippen LogP contribution is 2.36. The normalized spacial score (nSPS) is 22.8. The Morgan fingerprint density at radius 3 is 2.61 bits per heavy atom. The van der Waals surface area contributed by atoms with Crippen LogP contribution in [0, 0.1) is 5.92 Å². The van der Waals surface area contributed by atoms with Crippen molar-refractivity contribution in [1.29, 1.82) is 0 Å². The second-order valence-corrected chi connectivity index (χ2v) is 10.2. The zero-order valence-electron chi connectivity index (χ0n) is 21.3. The average molecular weight is 496 g/mol. The van der Waals surface area contributed by atoms with Crippen LogP contribution in [0.25, 0.3) is 0 Å². The first kappa shape index (κ1) is 24.6. The number of hydrogen-bond acceptors (Lipinski definition) is 6. The summed E-state index contributed by atoms with van der Waals surface area (Å²) in [4.78, 5) is 30.9. The van der Waals surface area contributed by atoms with Crippen LogP contribution in [-0.4, -0.2) is 77.8 Å². The monoisotopic (exact) mass is 495 g/mol. The van der Waals surface area contributed by atoms with Crippen molar-refractivity contribution < 1.29 is 19.1 Å². The predicted molar refractivity (Wildman–Crippen MR) is 137 cm³/mol. The van der Waals surface area contributed by atoms with Crippen molar-refractivity contribution in [2.24, 2.45) is 5.92 Å². The molecule has 1 aliphatic carbocycles. The lowest BCUT2D eigenvalue weighted by Gasteiger charge is -2.31. The minimum absolute atomic E-state index is 0.0291. The summed E-state index contributed by atoms with van der Waals surface area (Å²) in [6, 6.07) is 7.76. The van der Waals surface area contributed by atoms with Crippen LogP contribution in [0.5, 0.6) is 11.5 Å². The third-order valence-corrected chi connectivity index (χ3v) is 7.98. The SMILES string of the molecule is COc1cccc(C(=O)N2CCCC[C@H]3CN(CC(=O)Nc4ccnn4C4CCCC4)C[C@H]32)c1OC. The van der Waals surface area contributed by atoms with E-state index >= 15 is 0 Å². The largest absolute Gasteiger partial charge is 0.493 e. The first-order valence-electron chi connectivity index (χ1n) is 13.2. The molecule has 2 atom stereocenters. The highest BCUT2D eigenvalue weighted by atomic mass is 16.5. The van der Waals surface area contributed by atoms with Gasteiger partial charge in [-0.1, -0.05) is 25.3 Å². The quantitative estimate of drug-likeness (QED) is 0.632. The Balaban J connectivity index is 1.26. The highest BCUT2D eigenvalue weighted by molar-refractivity contribution is 5.98. The van der Waals surface area contributed by atoms with Gasteiger partial charge in [0.1, 0.15) is 5.82 Å². The van der Waals surface area contributed by atoms with Crippen LogP contribution in [0.3, 0.4) is 0 Å². The molecule has 194 valence electrons. The van der Waals surface area contributed by atoms with Gasteiger partial charge in [-0.25, -0.2) is 4.68 Å². The fourth-order valence-corrected chi connectivity index (χ4v) is 6.26. The Labute approximate surface area is 212 Å². The number of amides is 2. The molecule has 2 aliphatic heterocycles. The molecule has 1 saturated carbocycles. The number of carbonyl (C=O) groups excluding carboxylic acids is 2. The smallest absolute Gasteiger partial charge is 0.258 e. The Kier molecular flexibility index (Phi) is 7.46. The molecule has 0 spiro atoms. The zero-order chi connectivity index (χ0) is 25.1. The van der Waals surface area contributed by atoms with Gasteiger partial charge in [0.2, 0.25) is 5.91 Å². The van der Waals surface area contributed by atoms with E-state index in [1.54, 1.807) is 32.5 Å². The Hall–Kier alpha value is -3.07. The average Bonchev–Trinajstić information content (AvgIpc) is 3.63. The Morgan fingerprint density at radius 1 is 1.03 bits per heavy atom. The van der Waals surface area contributed by atoms with Gasteiger partial charge in [0.05, 0.1) is 38.6 Å². The van der Waals surface area contributed by atoms with Gasteiger partial charge in [0.15, 0.2) is 11.5 Å². The molecule has 3 aliphatic rings. The Morgan fingerprint density at radius 2 is 1.83 bits per heavy atom. The molecule has 2 amide bonds. The summed E-state index contributed by atoms with van der Waals surface area (Å²) in [5.41, 5.74) is 0.522. The summed E-state index contributed by atoms with van der Waals surface area (Å²) >= 11 is 0. The van der Waals surface area contributed by atoms with E-state index in [2.05, 4.69) is 15.3 Å². The van der Waals surface area contributed by atoms with Crippen LogP contribution in [0.4, 0.5) is 5.82 Å². The third kappa shape index (κ3) is 4.93. The summed E-state index contributed by atoms with van der Waals surface area (Å²) < 4.78 is 12.9. The number of ether oxygens (including phenoxy) is 2. The van der Waals surface area contributed by atoms with Crippen molar-refractivity contribution in [1.82, 2.24) is 19.6 Å². The van der Waals surface area contributed by atoms with Gasteiger partial charge in [-0.3, -0.25) is 14.5 Å². The molecule has 36 heavy (non-hydrogen) atoms. The van der Waals surface area contributed by atoms with Crippen LogP contribution in [0.15, 0.2) is 30.5 Å². The number of benzene rings is 1. The number of aromatic nitrogens is 2. The number of nitrogens with one attached hydrogen (secondary N) is 1. The van der Waals surface area contributed by atoms with E-state index in [4.69, 9.17) is 9.47 Å². The number of methoxy groups -OCH3 is 2. The van der Waals surface area contributed by atoms with Crippen LogP contribution in [-0.2, 0) is 4.79 Å². The standard InChI is InChI=1S/C27H37N5O4/c1-35-23-12-7-11-21(26(23)36-2)27(34)31-15-6-5-8-19-16-30(17-22(19)31)18-25(33)29-24-13-14-28-32(24)20-9-3-4-10-20/h7,11-14,19-20,22H,3-6,8-10,15-18H2,1-2H3,(H,29,33)/t19-,22+/m0/s1. The Bertz CT molecular complexity index is 1080. The van der Waals surface area contributed by atoms with Crippen LogP contribution in [0.1, 0.15) is 61.3 Å². The van der Waals surface area contributed by atoms with Gasteiger partial charge in [-0.2, -0.15) is 5.10 Å². The first-order chi connectivity index (χ1) is 17.6. The van der Waals surface area contributed by atoms with E-state index in [0.717, 1.165) is 44.5 Å². The maximum absolute atomic E-state index is 13.7. The number of carbonyl (C=O) groups is 2. The molecule has 1 aromatic heterocycles. The fraction of sp³-hybridized carbons (Fsp3) is 0.593. The van der Waals surface area contributed by atoms with Crippen LogP contribution in [0.2, 0.25) is 0 Å². The lowest BCUT2D eigenvalue weighted by molar-refractivity contribution is -0.117. The topological polar surface area (TPSA) is 88.9 Å². The predicted octanol–water partition coefficient (Wildman–Crippen LogP) is 3.58. The minimum Gasteiger partial charge on any atom is -0.493 e. The molecule has 9 nitrogen and oxygen atoms in total. The molecule has 9 heteroatoms.